The smallest absolute Gasteiger partial charge is 0.356 e. The molecule has 156 valence electrons. The van der Waals surface area contributed by atoms with Gasteiger partial charge in [-0.15, -0.1) is 0 Å². The molecule has 0 fully saturated rings. The maximum Gasteiger partial charge on any atom is 0.514 e. The molecule has 1 aromatic carbocycles. The van der Waals surface area contributed by atoms with Gasteiger partial charge in [0.25, 0.3) is 6.57 Å². The number of nitrogens with zero attached hydrogens (tertiary/aromatic N) is 1. The fraction of sp³-hybridized carbons (Fsp3) is 0.524. The van der Waals surface area contributed by atoms with Gasteiger partial charge >= 0.3 is 5.91 Å². The third-order valence-electron chi connectivity index (χ3n) is 3.53. The molecule has 0 heterocycles. The van der Waals surface area contributed by atoms with Gasteiger partial charge in [0.05, 0.1) is 6.42 Å². The molecule has 0 saturated heterocycles. The maximum atomic E-state index is 11.1. The molecule has 2 amide bonds. The van der Waals surface area contributed by atoms with Crippen molar-refractivity contribution in [3.63, 3.8) is 0 Å². The van der Waals surface area contributed by atoms with E-state index < -0.39 is 0 Å². The van der Waals surface area contributed by atoms with Crippen LogP contribution in [-0.2, 0) is 20.8 Å². The average molecular weight is 392 g/mol. The predicted octanol–water partition coefficient (Wildman–Crippen LogP) is 2.15. The average Bonchev–Trinajstić information content (AvgIpc) is 2.74. The number of unbranched alkanes of at least 4 members (excludes halogenated alkanes) is 2. The van der Waals surface area contributed by atoms with Crippen molar-refractivity contribution in [3.05, 3.63) is 40.7 Å². The third-order valence-corrected chi connectivity index (χ3v) is 3.53. The first-order valence-corrected chi connectivity index (χ1v) is 9.54. The Morgan fingerprint density at radius 1 is 1.07 bits per heavy atom. The molecule has 1 rings (SSSR count). The van der Waals surface area contributed by atoms with E-state index in [2.05, 4.69) is 21.2 Å². The number of hydrogen-bond acceptors (Lipinski definition) is 5. The minimum absolute atomic E-state index is 0.0574. The molecule has 0 aliphatic carbocycles. The maximum absolute atomic E-state index is 11.1. The Morgan fingerprint density at radius 2 is 1.75 bits per heavy atom. The zero-order valence-electron chi connectivity index (χ0n) is 17.2. The number of amides is 2. The van der Waals surface area contributed by atoms with Crippen molar-refractivity contribution in [2.45, 2.75) is 44.9 Å². The highest BCUT2D eigenvalue weighted by Crippen LogP contribution is 2.00. The van der Waals surface area contributed by atoms with Gasteiger partial charge in [-0.3, -0.25) is 4.79 Å². The molecule has 0 aliphatic heterocycles. The molecule has 0 aliphatic rings. The number of nitrogens with two attached hydrogens (primary N) is 1. The van der Waals surface area contributed by atoms with E-state index in [1.165, 1.54) is 12.6 Å². The summed E-state index contributed by atoms with van der Waals surface area (Å²) >= 11 is 0. The van der Waals surface area contributed by atoms with E-state index in [1.54, 1.807) is 0 Å². The van der Waals surface area contributed by atoms with Crippen LogP contribution >= 0.6 is 0 Å². The van der Waals surface area contributed by atoms with Crippen molar-refractivity contribution < 1.29 is 14.4 Å². The lowest BCUT2D eigenvalue weighted by Crippen LogP contribution is -2.25. The summed E-state index contributed by atoms with van der Waals surface area (Å²) in [5.41, 5.74) is 5.70. The van der Waals surface area contributed by atoms with E-state index in [9.17, 15) is 14.4 Å². The summed E-state index contributed by atoms with van der Waals surface area (Å²) in [6, 6.07) is 9.97. The zero-order valence-corrected chi connectivity index (χ0v) is 17.2. The molecule has 7 heteroatoms. The highest BCUT2D eigenvalue weighted by molar-refractivity contribution is 5.86. The summed E-state index contributed by atoms with van der Waals surface area (Å²) in [5.74, 6) is -0.257. The van der Waals surface area contributed by atoms with Crippen molar-refractivity contribution in [1.29, 1.82) is 0 Å². The molecule has 0 unspecified atom stereocenters. The molecule has 7 nitrogen and oxygen atoms in total. The summed E-state index contributed by atoms with van der Waals surface area (Å²) < 4.78 is 0. The predicted molar refractivity (Wildman–Crippen MR) is 114 cm³/mol. The van der Waals surface area contributed by atoms with Gasteiger partial charge < -0.3 is 21.2 Å². The van der Waals surface area contributed by atoms with Crippen LogP contribution in [0.5, 0.6) is 0 Å². The van der Waals surface area contributed by atoms with E-state index in [1.807, 2.05) is 37.4 Å². The summed E-state index contributed by atoms with van der Waals surface area (Å²) in [6.45, 7) is 6.41. The molecule has 0 radical (unpaired) electrons. The SMILES string of the molecule is C#[N+]C(=O)CCCCCNC.CN.O=CCCC(=O)NCCc1ccccc1. The number of hydrogen-bond donors (Lipinski definition) is 3. The van der Waals surface area contributed by atoms with E-state index in [4.69, 9.17) is 6.57 Å². The molecule has 0 atom stereocenters. The summed E-state index contributed by atoms with van der Waals surface area (Å²) in [4.78, 5) is 34.7. The topological polar surface area (TPSA) is 106 Å². The Morgan fingerprint density at radius 3 is 2.32 bits per heavy atom. The normalized spacial score (nSPS) is 8.93. The Labute approximate surface area is 168 Å². The lowest BCUT2D eigenvalue weighted by atomic mass is 10.1. The van der Waals surface area contributed by atoms with Crippen molar-refractivity contribution >= 4 is 18.1 Å². The third kappa shape index (κ3) is 19.8. The van der Waals surface area contributed by atoms with Gasteiger partial charge in [0.15, 0.2) is 0 Å². The van der Waals surface area contributed by atoms with Crippen LogP contribution in [0.2, 0.25) is 0 Å². The van der Waals surface area contributed by atoms with Crippen LogP contribution in [0.15, 0.2) is 30.3 Å². The highest BCUT2D eigenvalue weighted by Gasteiger charge is 2.07. The molecule has 0 bridgehead atoms. The second-order valence-corrected chi connectivity index (χ2v) is 5.73. The standard InChI is InChI=1S/C12H15NO2.C8H15N2O.CH5N/c14-10-4-7-12(15)13-9-8-11-5-2-1-3-6-11;1-9-7-5-3-4-6-8(11)10-2;1-2/h1-3,5-6,10H,4,7-9H2,(H,13,15);2,9H,3-7H2,1H3;2H2,1H3/q;+1;. The number of aldehydes is 1. The van der Waals surface area contributed by atoms with Crippen molar-refractivity contribution in [2.75, 3.05) is 27.2 Å². The van der Waals surface area contributed by atoms with E-state index in [-0.39, 0.29) is 18.2 Å². The van der Waals surface area contributed by atoms with E-state index in [0.717, 1.165) is 38.5 Å². The Bertz CT molecular complexity index is 557. The minimum Gasteiger partial charge on any atom is -0.356 e. The van der Waals surface area contributed by atoms with Gasteiger partial charge in [-0.2, -0.15) is 0 Å². The Hall–Kier alpha value is -2.56. The summed E-state index contributed by atoms with van der Waals surface area (Å²) in [6.07, 6.45) is 5.72. The van der Waals surface area contributed by atoms with Crippen LogP contribution in [0.25, 0.3) is 4.85 Å². The monoisotopic (exact) mass is 391 g/mol. The Kier molecular flexibility index (Phi) is 22.2. The van der Waals surface area contributed by atoms with Crippen molar-refractivity contribution in [3.8, 4) is 6.57 Å². The molecule has 0 saturated carbocycles. The van der Waals surface area contributed by atoms with Crippen LogP contribution in [0.1, 0.15) is 44.1 Å². The summed E-state index contributed by atoms with van der Waals surface area (Å²) in [7, 11) is 3.42. The van der Waals surface area contributed by atoms with Gasteiger partial charge in [-0.05, 0) is 45.5 Å². The second-order valence-electron chi connectivity index (χ2n) is 5.73. The van der Waals surface area contributed by atoms with Crippen LogP contribution in [-0.4, -0.2) is 45.3 Å². The molecule has 0 aromatic heterocycles. The fourth-order valence-corrected chi connectivity index (χ4v) is 2.09. The number of rotatable bonds is 12. The van der Waals surface area contributed by atoms with Crippen molar-refractivity contribution in [1.82, 2.24) is 10.6 Å². The largest absolute Gasteiger partial charge is 0.514 e. The van der Waals surface area contributed by atoms with Crippen molar-refractivity contribution in [2.24, 2.45) is 5.73 Å². The first-order valence-electron chi connectivity index (χ1n) is 9.54. The van der Waals surface area contributed by atoms with Crippen LogP contribution in [0.3, 0.4) is 0 Å². The highest BCUT2D eigenvalue weighted by atomic mass is 16.2. The molecule has 0 spiro atoms. The van der Waals surface area contributed by atoms with Crippen LogP contribution < -0.4 is 16.4 Å². The zero-order chi connectivity index (χ0) is 21.5. The fourth-order valence-electron chi connectivity index (χ4n) is 2.09. The number of benzene rings is 1. The number of carbonyl (C=O) groups is 3. The number of carbonyl (C=O) groups excluding carboxylic acids is 3. The van der Waals surface area contributed by atoms with Gasteiger partial charge in [-0.25, -0.2) is 4.79 Å². The van der Waals surface area contributed by atoms with Crippen LogP contribution in [0, 0.1) is 6.57 Å². The van der Waals surface area contributed by atoms with Gasteiger partial charge in [0.1, 0.15) is 6.29 Å². The second kappa shape index (κ2) is 22.5. The summed E-state index contributed by atoms with van der Waals surface area (Å²) in [5, 5.41) is 5.80. The quantitative estimate of drug-likeness (QED) is 0.374. The number of nitrogens with one attached hydrogen (secondary N) is 2. The van der Waals surface area contributed by atoms with Crippen LogP contribution in [0.4, 0.5) is 0 Å². The molecular formula is C21H35N4O3+. The van der Waals surface area contributed by atoms with E-state index >= 15 is 0 Å². The molecule has 4 N–H and O–H groups in total. The molecular weight excluding hydrogens is 356 g/mol. The lowest BCUT2D eigenvalue weighted by Gasteiger charge is -2.03. The molecule has 1 aromatic rings. The molecule has 28 heavy (non-hydrogen) atoms. The first-order chi connectivity index (χ1) is 13.6. The first kappa shape index (κ1) is 27.7. The van der Waals surface area contributed by atoms with Gasteiger partial charge in [-0.1, -0.05) is 36.8 Å². The van der Waals surface area contributed by atoms with Gasteiger partial charge in [0, 0.05) is 24.2 Å². The Balaban J connectivity index is 0. The lowest BCUT2D eigenvalue weighted by molar-refractivity contribution is -0.122. The minimum atomic E-state index is -0.200. The van der Waals surface area contributed by atoms with E-state index in [0.29, 0.717) is 19.4 Å². The van der Waals surface area contributed by atoms with Gasteiger partial charge in [0.2, 0.25) is 5.91 Å².